The fourth-order valence-corrected chi connectivity index (χ4v) is 2.68. The number of hydrogen-bond donors (Lipinski definition) is 2. The highest BCUT2D eigenvalue weighted by Gasteiger charge is 2.19. The summed E-state index contributed by atoms with van der Waals surface area (Å²) in [7, 11) is 0. The molecule has 17 heavy (non-hydrogen) atoms. The van der Waals surface area contributed by atoms with Crippen molar-refractivity contribution in [3.8, 4) is 11.3 Å². The average Bonchev–Trinajstić information content (AvgIpc) is 2.71. The van der Waals surface area contributed by atoms with E-state index in [1.165, 1.54) is 4.90 Å². The van der Waals surface area contributed by atoms with E-state index in [9.17, 15) is 0 Å². The van der Waals surface area contributed by atoms with Crippen LogP contribution in [-0.4, -0.2) is 28.7 Å². The minimum Gasteiger partial charge on any atom is -0.382 e. The fourth-order valence-electron chi connectivity index (χ4n) is 1.67. The van der Waals surface area contributed by atoms with Crippen LogP contribution in [0.4, 0.5) is 5.82 Å². The Morgan fingerprint density at radius 1 is 1.29 bits per heavy atom. The van der Waals surface area contributed by atoms with Gasteiger partial charge < -0.3 is 10.5 Å². The van der Waals surface area contributed by atoms with Gasteiger partial charge in [0, 0.05) is 11.0 Å². The molecule has 3 rings (SSSR count). The molecule has 1 aromatic heterocycles. The maximum absolute atomic E-state index is 5.58. The van der Waals surface area contributed by atoms with Crippen LogP contribution in [0.15, 0.2) is 35.2 Å². The summed E-state index contributed by atoms with van der Waals surface area (Å²) in [6, 6.07) is 10.2. The molecule has 2 heterocycles. The number of anilines is 1. The van der Waals surface area contributed by atoms with Crippen LogP contribution in [0.5, 0.6) is 0 Å². The molecule has 0 aliphatic carbocycles. The molecule has 0 saturated carbocycles. The Morgan fingerprint density at radius 2 is 2.06 bits per heavy atom. The number of nitrogens with one attached hydrogen (secondary N) is 1. The topological polar surface area (TPSA) is 63.9 Å². The Labute approximate surface area is 104 Å². The molecule has 4 nitrogen and oxygen atoms in total. The van der Waals surface area contributed by atoms with E-state index in [4.69, 9.17) is 10.5 Å². The summed E-state index contributed by atoms with van der Waals surface area (Å²) in [6.45, 7) is 1.73. The van der Waals surface area contributed by atoms with Gasteiger partial charge in [-0.25, -0.2) is 0 Å². The predicted molar refractivity (Wildman–Crippen MR) is 68.9 cm³/mol. The number of ether oxygens (including phenoxy) is 1. The van der Waals surface area contributed by atoms with Gasteiger partial charge in [-0.15, -0.1) is 11.8 Å². The number of rotatable bonds is 3. The average molecular weight is 247 g/mol. The molecule has 0 amide bonds. The van der Waals surface area contributed by atoms with Gasteiger partial charge in [0.05, 0.1) is 24.2 Å². The summed E-state index contributed by atoms with van der Waals surface area (Å²) in [4.78, 5) is 1.27. The normalized spacial score (nSPS) is 15.8. The summed E-state index contributed by atoms with van der Waals surface area (Å²) in [5.74, 6) is 0.519. The number of H-pyrrole nitrogens is 1. The SMILES string of the molecule is Nc1cc(-c2ccc(SC3COC3)cc2)[nH]n1. The molecule has 0 bridgehead atoms. The van der Waals surface area contributed by atoms with Gasteiger partial charge in [0.2, 0.25) is 0 Å². The number of nitrogens with two attached hydrogens (primary N) is 1. The lowest BCUT2D eigenvalue weighted by Crippen LogP contribution is -2.29. The molecule has 1 aromatic carbocycles. The molecule has 5 heteroatoms. The molecule has 0 unspecified atom stereocenters. The minimum absolute atomic E-state index is 0.519. The number of nitrogen functional groups attached to an aromatic ring is 1. The summed E-state index contributed by atoms with van der Waals surface area (Å²) >= 11 is 1.86. The lowest BCUT2D eigenvalue weighted by molar-refractivity contribution is 0.0455. The second kappa shape index (κ2) is 4.43. The van der Waals surface area contributed by atoms with E-state index in [0.29, 0.717) is 11.1 Å². The first-order chi connectivity index (χ1) is 8.31. The van der Waals surface area contributed by atoms with Crippen LogP contribution in [0.25, 0.3) is 11.3 Å². The number of hydrogen-bond acceptors (Lipinski definition) is 4. The second-order valence-corrected chi connectivity index (χ2v) is 5.38. The first-order valence-corrected chi connectivity index (χ1v) is 6.35. The molecule has 0 radical (unpaired) electrons. The quantitative estimate of drug-likeness (QED) is 0.872. The van der Waals surface area contributed by atoms with Crippen molar-refractivity contribution in [3.63, 3.8) is 0 Å². The van der Waals surface area contributed by atoms with Gasteiger partial charge in [0.1, 0.15) is 5.82 Å². The maximum Gasteiger partial charge on any atom is 0.145 e. The highest BCUT2D eigenvalue weighted by atomic mass is 32.2. The number of thioether (sulfide) groups is 1. The van der Waals surface area contributed by atoms with E-state index in [1.54, 1.807) is 0 Å². The Hall–Kier alpha value is -1.46. The molecular weight excluding hydrogens is 234 g/mol. The van der Waals surface area contributed by atoms with Crippen molar-refractivity contribution in [1.29, 1.82) is 0 Å². The maximum atomic E-state index is 5.58. The van der Waals surface area contributed by atoms with Crippen molar-refractivity contribution in [2.75, 3.05) is 18.9 Å². The Balaban J connectivity index is 1.75. The van der Waals surface area contributed by atoms with Gasteiger partial charge in [-0.05, 0) is 17.7 Å². The van der Waals surface area contributed by atoms with Crippen molar-refractivity contribution < 1.29 is 4.74 Å². The summed E-state index contributed by atoms with van der Waals surface area (Å²) < 4.78 is 5.15. The molecule has 1 aliphatic heterocycles. The molecule has 0 atom stereocenters. The second-order valence-electron chi connectivity index (χ2n) is 4.01. The minimum atomic E-state index is 0.519. The summed E-state index contributed by atoms with van der Waals surface area (Å²) in [5.41, 5.74) is 7.63. The number of aromatic nitrogens is 2. The van der Waals surface area contributed by atoms with Crippen molar-refractivity contribution in [2.24, 2.45) is 0 Å². The Kier molecular flexibility index (Phi) is 2.78. The third-order valence-electron chi connectivity index (χ3n) is 2.67. The van der Waals surface area contributed by atoms with Gasteiger partial charge >= 0.3 is 0 Å². The molecule has 1 fully saturated rings. The third kappa shape index (κ3) is 2.30. The van der Waals surface area contributed by atoms with Crippen molar-refractivity contribution in [2.45, 2.75) is 10.1 Å². The highest BCUT2D eigenvalue weighted by Crippen LogP contribution is 2.29. The molecule has 2 aromatic rings. The Morgan fingerprint density at radius 3 is 2.59 bits per heavy atom. The van der Waals surface area contributed by atoms with E-state index in [0.717, 1.165) is 24.5 Å². The molecule has 88 valence electrons. The highest BCUT2D eigenvalue weighted by molar-refractivity contribution is 8.00. The molecular formula is C12H13N3OS. The first-order valence-electron chi connectivity index (χ1n) is 5.47. The van der Waals surface area contributed by atoms with Crippen molar-refractivity contribution >= 4 is 17.6 Å². The monoisotopic (exact) mass is 247 g/mol. The molecule has 1 saturated heterocycles. The van der Waals surface area contributed by atoms with E-state index in [-0.39, 0.29) is 0 Å². The van der Waals surface area contributed by atoms with Crippen LogP contribution in [-0.2, 0) is 4.74 Å². The lowest BCUT2D eigenvalue weighted by Gasteiger charge is -2.25. The number of nitrogens with zero attached hydrogens (tertiary/aromatic N) is 1. The largest absolute Gasteiger partial charge is 0.382 e. The molecule has 3 N–H and O–H groups in total. The van der Waals surface area contributed by atoms with Gasteiger partial charge in [0.25, 0.3) is 0 Å². The third-order valence-corrected chi connectivity index (χ3v) is 3.82. The van der Waals surface area contributed by atoms with E-state index in [1.807, 2.05) is 17.8 Å². The number of benzene rings is 1. The predicted octanol–water partition coefficient (Wildman–Crippen LogP) is 2.15. The lowest BCUT2D eigenvalue weighted by atomic mass is 10.1. The zero-order chi connectivity index (χ0) is 11.7. The fraction of sp³-hybridized carbons (Fsp3) is 0.250. The molecule has 0 spiro atoms. The van der Waals surface area contributed by atoms with Crippen LogP contribution in [0.2, 0.25) is 0 Å². The van der Waals surface area contributed by atoms with Crippen LogP contribution in [0.1, 0.15) is 0 Å². The smallest absolute Gasteiger partial charge is 0.145 e. The van der Waals surface area contributed by atoms with Gasteiger partial charge in [-0.3, -0.25) is 5.10 Å². The van der Waals surface area contributed by atoms with E-state index >= 15 is 0 Å². The van der Waals surface area contributed by atoms with Gasteiger partial charge in [-0.2, -0.15) is 5.10 Å². The molecule has 1 aliphatic rings. The van der Waals surface area contributed by atoms with Crippen LogP contribution >= 0.6 is 11.8 Å². The summed E-state index contributed by atoms with van der Waals surface area (Å²) in [5, 5.41) is 7.43. The van der Waals surface area contributed by atoms with Crippen LogP contribution in [0.3, 0.4) is 0 Å². The standard InChI is InChI=1S/C12H13N3OS/c13-12-5-11(14-15-12)8-1-3-9(4-2-8)17-10-6-16-7-10/h1-5,10H,6-7H2,(H3,13,14,15). The van der Waals surface area contributed by atoms with Crippen LogP contribution < -0.4 is 5.73 Å². The summed E-state index contributed by atoms with van der Waals surface area (Å²) in [6.07, 6.45) is 0. The zero-order valence-corrected chi connectivity index (χ0v) is 10.0. The van der Waals surface area contributed by atoms with Crippen molar-refractivity contribution in [3.05, 3.63) is 30.3 Å². The van der Waals surface area contributed by atoms with Crippen LogP contribution in [0, 0.1) is 0 Å². The number of aromatic amines is 1. The van der Waals surface area contributed by atoms with E-state index in [2.05, 4.69) is 34.5 Å². The Bertz CT molecular complexity index is 505. The first kappa shape index (κ1) is 10.7. The van der Waals surface area contributed by atoms with E-state index < -0.39 is 0 Å². The van der Waals surface area contributed by atoms with Gasteiger partial charge in [0.15, 0.2) is 0 Å². The zero-order valence-electron chi connectivity index (χ0n) is 9.22. The van der Waals surface area contributed by atoms with Crippen molar-refractivity contribution in [1.82, 2.24) is 10.2 Å². The van der Waals surface area contributed by atoms with Gasteiger partial charge in [-0.1, -0.05) is 12.1 Å².